The molecule has 0 amide bonds. The van der Waals surface area contributed by atoms with Crippen molar-refractivity contribution in [2.75, 3.05) is 5.88 Å². The average molecular weight is 433 g/mol. The molecule has 0 saturated heterocycles. The Labute approximate surface area is 143 Å². The summed E-state index contributed by atoms with van der Waals surface area (Å²) in [6, 6.07) is 10.6. The van der Waals surface area contributed by atoms with Crippen molar-refractivity contribution in [3.8, 4) is 5.69 Å². The molecule has 2 nitrogen and oxygen atoms in total. The Morgan fingerprint density at radius 3 is 2.57 bits per heavy atom. The molecular weight excluding hydrogens is 422 g/mol. The van der Waals surface area contributed by atoms with E-state index < -0.39 is 0 Å². The Morgan fingerprint density at radius 1 is 1.10 bits per heavy atom. The lowest BCUT2D eigenvalue weighted by atomic mass is 10.2. The number of imidazole rings is 1. The van der Waals surface area contributed by atoms with Gasteiger partial charge in [0, 0.05) is 21.2 Å². The highest BCUT2D eigenvalue weighted by atomic mass is 79.9. The molecule has 0 N–H and O–H groups in total. The number of alkyl halides is 1. The van der Waals surface area contributed by atoms with Crippen molar-refractivity contribution in [2.45, 2.75) is 6.42 Å². The molecule has 2 aromatic carbocycles. The van der Waals surface area contributed by atoms with Crippen LogP contribution in [0.2, 0.25) is 0 Å². The third kappa shape index (κ3) is 2.87. The van der Waals surface area contributed by atoms with E-state index in [1.54, 1.807) is 12.1 Å². The molecule has 0 spiro atoms. The zero-order valence-corrected chi connectivity index (χ0v) is 14.7. The summed E-state index contributed by atoms with van der Waals surface area (Å²) in [5, 5.41) is 0. The lowest BCUT2D eigenvalue weighted by molar-refractivity contribution is 0.616. The monoisotopic (exact) mass is 430 g/mol. The van der Waals surface area contributed by atoms with Crippen molar-refractivity contribution in [2.24, 2.45) is 0 Å². The Morgan fingerprint density at radius 2 is 1.81 bits per heavy atom. The first-order valence-corrected chi connectivity index (χ1v) is 8.40. The minimum absolute atomic E-state index is 0.298. The van der Waals surface area contributed by atoms with E-state index in [4.69, 9.17) is 11.6 Å². The summed E-state index contributed by atoms with van der Waals surface area (Å²) >= 11 is 12.7. The van der Waals surface area contributed by atoms with Gasteiger partial charge in [-0.1, -0.05) is 31.9 Å². The Hall–Kier alpha value is -0.910. The van der Waals surface area contributed by atoms with Crippen molar-refractivity contribution in [3.63, 3.8) is 0 Å². The third-order valence-electron chi connectivity index (χ3n) is 3.15. The molecule has 0 aliphatic rings. The second-order valence-corrected chi connectivity index (χ2v) is 6.74. The van der Waals surface area contributed by atoms with E-state index in [1.165, 1.54) is 6.07 Å². The number of aromatic nitrogens is 2. The highest BCUT2D eigenvalue weighted by molar-refractivity contribution is 9.10. The zero-order chi connectivity index (χ0) is 15.0. The maximum absolute atomic E-state index is 14.3. The van der Waals surface area contributed by atoms with Gasteiger partial charge in [0.05, 0.1) is 16.7 Å². The summed E-state index contributed by atoms with van der Waals surface area (Å²) < 4.78 is 17.8. The van der Waals surface area contributed by atoms with Crippen LogP contribution in [0.1, 0.15) is 5.82 Å². The first-order valence-electron chi connectivity index (χ1n) is 6.28. The van der Waals surface area contributed by atoms with Crippen LogP contribution in [0.15, 0.2) is 45.3 Å². The van der Waals surface area contributed by atoms with Gasteiger partial charge in [0.25, 0.3) is 0 Å². The fourth-order valence-electron chi connectivity index (χ4n) is 2.28. The maximum Gasteiger partial charge on any atom is 0.147 e. The van der Waals surface area contributed by atoms with Gasteiger partial charge in [0.1, 0.15) is 11.6 Å². The first-order chi connectivity index (χ1) is 10.1. The second kappa shape index (κ2) is 6.07. The number of hydrogen-bond acceptors (Lipinski definition) is 1. The van der Waals surface area contributed by atoms with Gasteiger partial charge in [-0.05, 0) is 36.4 Å². The van der Waals surface area contributed by atoms with Crippen LogP contribution in [-0.4, -0.2) is 15.4 Å². The Kier molecular flexibility index (Phi) is 4.33. The van der Waals surface area contributed by atoms with Gasteiger partial charge in [-0.3, -0.25) is 4.57 Å². The quantitative estimate of drug-likeness (QED) is 0.502. The molecule has 0 bridgehead atoms. The van der Waals surface area contributed by atoms with E-state index in [1.807, 2.05) is 22.8 Å². The van der Waals surface area contributed by atoms with Gasteiger partial charge in [0.15, 0.2) is 0 Å². The highest BCUT2D eigenvalue weighted by Crippen LogP contribution is 2.28. The number of hydrogen-bond donors (Lipinski definition) is 0. The molecule has 0 aliphatic carbocycles. The van der Waals surface area contributed by atoms with Gasteiger partial charge in [-0.2, -0.15) is 0 Å². The summed E-state index contributed by atoms with van der Waals surface area (Å²) in [6.07, 6.45) is 0.569. The number of fused-ring (bicyclic) bond motifs is 1. The van der Waals surface area contributed by atoms with Crippen LogP contribution in [0.25, 0.3) is 16.7 Å². The summed E-state index contributed by atoms with van der Waals surface area (Å²) in [6.45, 7) is 0. The fourth-order valence-corrected chi connectivity index (χ4v) is 3.14. The predicted octanol–water partition coefficient (Wildman–Crippen LogP) is 5.47. The average Bonchev–Trinajstić information content (AvgIpc) is 2.79. The second-order valence-electron chi connectivity index (χ2n) is 4.53. The molecular formula is C15H10Br2ClFN2. The molecule has 21 heavy (non-hydrogen) atoms. The largest absolute Gasteiger partial charge is 0.293 e. The topological polar surface area (TPSA) is 17.8 Å². The summed E-state index contributed by atoms with van der Waals surface area (Å²) in [5.41, 5.74) is 2.13. The molecule has 3 aromatic rings. The Balaban J connectivity index is 2.35. The van der Waals surface area contributed by atoms with E-state index >= 15 is 0 Å². The van der Waals surface area contributed by atoms with Crippen molar-refractivity contribution in [3.05, 3.63) is 57.0 Å². The summed E-state index contributed by atoms with van der Waals surface area (Å²) in [7, 11) is 0. The summed E-state index contributed by atoms with van der Waals surface area (Å²) in [4.78, 5) is 4.57. The number of rotatable bonds is 3. The van der Waals surface area contributed by atoms with Gasteiger partial charge >= 0.3 is 0 Å². The van der Waals surface area contributed by atoms with Gasteiger partial charge in [0.2, 0.25) is 0 Å². The van der Waals surface area contributed by atoms with Crippen LogP contribution in [0.3, 0.4) is 0 Å². The minimum Gasteiger partial charge on any atom is -0.293 e. The molecule has 1 heterocycles. The van der Waals surface area contributed by atoms with Crippen LogP contribution in [0, 0.1) is 5.82 Å². The van der Waals surface area contributed by atoms with Gasteiger partial charge < -0.3 is 0 Å². The fraction of sp³-hybridized carbons (Fsp3) is 0.133. The van der Waals surface area contributed by atoms with Gasteiger partial charge in [-0.25, -0.2) is 9.37 Å². The molecule has 1 aromatic heterocycles. The molecule has 0 aliphatic heterocycles. The molecule has 0 atom stereocenters. The standard InChI is InChI=1S/C15H10Br2ClFN2/c16-9-1-3-11(19)13(7-9)21-14-8-10(17)2-4-12(14)20-15(21)5-6-18/h1-4,7-8H,5-6H2. The predicted molar refractivity (Wildman–Crippen MR) is 90.9 cm³/mol. The van der Waals surface area contributed by atoms with Crippen molar-refractivity contribution < 1.29 is 4.39 Å². The first kappa shape index (κ1) is 15.0. The minimum atomic E-state index is -0.298. The number of nitrogens with zero attached hydrogens (tertiary/aromatic N) is 2. The lowest BCUT2D eigenvalue weighted by Crippen LogP contribution is -2.04. The molecule has 0 unspecified atom stereocenters. The van der Waals surface area contributed by atoms with Gasteiger partial charge in [-0.15, -0.1) is 11.6 Å². The number of halogens is 4. The van der Waals surface area contributed by atoms with Crippen molar-refractivity contribution in [1.82, 2.24) is 9.55 Å². The van der Waals surface area contributed by atoms with Crippen LogP contribution in [0.5, 0.6) is 0 Å². The smallest absolute Gasteiger partial charge is 0.147 e. The number of aryl methyl sites for hydroxylation is 1. The van der Waals surface area contributed by atoms with Crippen molar-refractivity contribution in [1.29, 1.82) is 0 Å². The highest BCUT2D eigenvalue weighted by Gasteiger charge is 2.15. The van der Waals surface area contributed by atoms with Crippen LogP contribution in [0.4, 0.5) is 4.39 Å². The van der Waals surface area contributed by atoms with Crippen molar-refractivity contribution >= 4 is 54.5 Å². The Bertz CT molecular complexity index is 817. The normalized spacial score (nSPS) is 11.2. The third-order valence-corrected chi connectivity index (χ3v) is 4.33. The van der Waals surface area contributed by atoms with Crippen LogP contribution < -0.4 is 0 Å². The molecule has 108 valence electrons. The maximum atomic E-state index is 14.3. The summed E-state index contributed by atoms with van der Waals surface area (Å²) in [5.74, 6) is 0.878. The molecule has 6 heteroatoms. The van der Waals surface area contributed by atoms with E-state index in [9.17, 15) is 4.39 Å². The molecule has 0 saturated carbocycles. The molecule has 0 fully saturated rings. The van der Waals surface area contributed by atoms with E-state index in [0.29, 0.717) is 18.0 Å². The SMILES string of the molecule is Fc1ccc(Br)cc1-n1c(CCCl)nc2ccc(Br)cc21. The number of benzene rings is 2. The lowest BCUT2D eigenvalue weighted by Gasteiger charge is -2.10. The van der Waals surface area contributed by atoms with Crippen LogP contribution >= 0.6 is 43.5 Å². The molecule has 0 radical (unpaired) electrons. The van der Waals surface area contributed by atoms with E-state index in [2.05, 4.69) is 36.8 Å². The zero-order valence-electron chi connectivity index (χ0n) is 10.8. The molecule has 3 rings (SSSR count). The van der Waals surface area contributed by atoms with Crippen LogP contribution in [-0.2, 0) is 6.42 Å². The van der Waals surface area contributed by atoms with E-state index in [0.717, 1.165) is 25.8 Å². The van der Waals surface area contributed by atoms with E-state index in [-0.39, 0.29) is 5.82 Å².